The third-order valence-corrected chi connectivity index (χ3v) is 6.59. The minimum Gasteiger partial charge on any atom is -0.494 e. The predicted molar refractivity (Wildman–Crippen MR) is 127 cm³/mol. The van der Waals surface area contributed by atoms with E-state index in [4.69, 9.17) is 4.74 Å². The number of piperazine rings is 1. The van der Waals surface area contributed by atoms with E-state index in [1.165, 1.54) is 11.3 Å². The summed E-state index contributed by atoms with van der Waals surface area (Å²) >= 11 is 0. The van der Waals surface area contributed by atoms with Crippen LogP contribution in [0.1, 0.15) is 45.6 Å². The normalized spacial score (nSPS) is 21.0. The summed E-state index contributed by atoms with van der Waals surface area (Å²) in [6.07, 6.45) is 0.948. The molecule has 2 aromatic carbocycles. The molecule has 0 aliphatic carbocycles. The Hall–Kier alpha value is -2.53. The molecule has 0 aromatic heterocycles. The van der Waals surface area contributed by atoms with Crippen LogP contribution in [0.3, 0.4) is 0 Å². The van der Waals surface area contributed by atoms with Gasteiger partial charge >= 0.3 is 0 Å². The van der Waals surface area contributed by atoms with Crippen LogP contribution >= 0.6 is 0 Å². The quantitative estimate of drug-likeness (QED) is 0.711. The van der Waals surface area contributed by atoms with Crippen molar-refractivity contribution in [2.45, 2.75) is 45.6 Å². The highest BCUT2D eigenvalue weighted by Crippen LogP contribution is 2.44. The summed E-state index contributed by atoms with van der Waals surface area (Å²) in [6, 6.07) is 16.7. The Bertz CT molecular complexity index is 904. The highest BCUT2D eigenvalue weighted by molar-refractivity contribution is 5.97. The van der Waals surface area contributed by atoms with Gasteiger partial charge in [0, 0.05) is 43.1 Å². The third-order valence-electron chi connectivity index (χ3n) is 6.59. The second-order valence-electron chi connectivity index (χ2n) is 9.40. The van der Waals surface area contributed by atoms with Gasteiger partial charge in [0.15, 0.2) is 0 Å². The first-order valence-electron chi connectivity index (χ1n) is 11.5. The second-order valence-corrected chi connectivity index (χ2v) is 9.40. The topological polar surface area (TPSA) is 36.0 Å². The number of carbonyl (C=O) groups excluding carboxylic acids is 1. The van der Waals surface area contributed by atoms with E-state index in [1.54, 1.807) is 0 Å². The molecule has 1 saturated heterocycles. The van der Waals surface area contributed by atoms with Crippen LogP contribution < -0.4 is 14.5 Å². The lowest BCUT2D eigenvalue weighted by Gasteiger charge is -2.47. The fourth-order valence-electron chi connectivity index (χ4n) is 5.20. The smallest absolute Gasteiger partial charge is 0.241 e. The molecule has 5 nitrogen and oxygen atoms in total. The number of ether oxygens (including phenoxy) is 1. The Morgan fingerprint density at radius 3 is 2.45 bits per heavy atom. The van der Waals surface area contributed by atoms with Gasteiger partial charge in [-0.3, -0.25) is 9.69 Å². The van der Waals surface area contributed by atoms with Gasteiger partial charge < -0.3 is 14.5 Å². The number of hydrogen-bond donors (Lipinski definition) is 0. The summed E-state index contributed by atoms with van der Waals surface area (Å²) in [5, 5.41) is 0. The fraction of sp³-hybridized carbons (Fsp3) is 0.500. The molecule has 2 aliphatic rings. The molecule has 0 spiro atoms. The van der Waals surface area contributed by atoms with Gasteiger partial charge in [-0.05, 0) is 69.0 Å². The second kappa shape index (κ2) is 8.91. The van der Waals surface area contributed by atoms with E-state index in [1.807, 2.05) is 17.9 Å². The molecular weight excluding hydrogens is 386 g/mol. The summed E-state index contributed by atoms with van der Waals surface area (Å²) in [6.45, 7) is 13.5. The van der Waals surface area contributed by atoms with Gasteiger partial charge in [-0.2, -0.15) is 0 Å². The number of benzene rings is 2. The van der Waals surface area contributed by atoms with Crippen LogP contribution in [-0.2, 0) is 4.79 Å². The van der Waals surface area contributed by atoms with Crippen molar-refractivity contribution in [3.8, 4) is 5.75 Å². The highest BCUT2D eigenvalue weighted by Gasteiger charge is 2.40. The zero-order valence-corrected chi connectivity index (χ0v) is 19.3. The molecule has 2 heterocycles. The number of amides is 1. The van der Waals surface area contributed by atoms with Crippen LogP contribution in [-0.4, -0.2) is 55.7 Å². The van der Waals surface area contributed by atoms with E-state index < -0.39 is 0 Å². The number of rotatable bonds is 5. The van der Waals surface area contributed by atoms with Gasteiger partial charge in [0.1, 0.15) is 5.75 Å². The van der Waals surface area contributed by atoms with E-state index in [9.17, 15) is 4.79 Å². The van der Waals surface area contributed by atoms with Crippen molar-refractivity contribution in [3.05, 3.63) is 54.1 Å². The Balaban J connectivity index is 1.47. The van der Waals surface area contributed by atoms with Crippen molar-refractivity contribution in [1.82, 2.24) is 4.90 Å². The van der Waals surface area contributed by atoms with Crippen LogP contribution in [0.2, 0.25) is 0 Å². The molecule has 1 fully saturated rings. The van der Waals surface area contributed by atoms with Crippen LogP contribution in [0.25, 0.3) is 0 Å². The Morgan fingerprint density at radius 2 is 1.77 bits per heavy atom. The maximum absolute atomic E-state index is 13.6. The summed E-state index contributed by atoms with van der Waals surface area (Å²) in [4.78, 5) is 20.3. The van der Waals surface area contributed by atoms with Gasteiger partial charge in [-0.25, -0.2) is 0 Å². The lowest BCUT2D eigenvalue weighted by molar-refractivity contribution is -0.121. The van der Waals surface area contributed by atoms with Crippen LogP contribution in [0, 0.1) is 0 Å². The number of nitrogens with zero attached hydrogens (tertiary/aromatic N) is 3. The Labute approximate surface area is 186 Å². The molecule has 0 N–H and O–H groups in total. The zero-order chi connectivity index (χ0) is 22.0. The summed E-state index contributed by atoms with van der Waals surface area (Å²) in [5.41, 5.74) is 3.31. The molecule has 166 valence electrons. The lowest BCUT2D eigenvalue weighted by atomic mass is 9.80. The van der Waals surface area contributed by atoms with Crippen molar-refractivity contribution >= 4 is 17.3 Å². The highest BCUT2D eigenvalue weighted by atomic mass is 16.5. The molecular formula is C26H35N3O2. The first kappa shape index (κ1) is 21.7. The zero-order valence-electron chi connectivity index (χ0n) is 19.3. The molecule has 1 amide bonds. The van der Waals surface area contributed by atoms with E-state index in [0.717, 1.165) is 44.0 Å². The molecule has 2 aromatic rings. The summed E-state index contributed by atoms with van der Waals surface area (Å²) in [5.74, 6) is 1.47. The molecule has 0 radical (unpaired) electrons. The lowest BCUT2D eigenvalue weighted by Crippen LogP contribution is -2.56. The minimum absolute atomic E-state index is 0.190. The summed E-state index contributed by atoms with van der Waals surface area (Å²) < 4.78 is 5.72. The average molecular weight is 422 g/mol. The van der Waals surface area contributed by atoms with Crippen molar-refractivity contribution in [2.24, 2.45) is 0 Å². The van der Waals surface area contributed by atoms with Crippen molar-refractivity contribution in [1.29, 1.82) is 0 Å². The van der Waals surface area contributed by atoms with E-state index in [2.05, 4.69) is 73.0 Å². The first-order chi connectivity index (χ1) is 14.9. The van der Waals surface area contributed by atoms with Crippen molar-refractivity contribution < 1.29 is 9.53 Å². The monoisotopic (exact) mass is 421 g/mol. The van der Waals surface area contributed by atoms with Crippen LogP contribution in [0.5, 0.6) is 5.75 Å². The predicted octanol–water partition coefficient (Wildman–Crippen LogP) is 4.53. The largest absolute Gasteiger partial charge is 0.494 e. The molecule has 1 atom stereocenters. The van der Waals surface area contributed by atoms with Crippen LogP contribution in [0.15, 0.2) is 48.5 Å². The molecule has 0 saturated carbocycles. The Morgan fingerprint density at radius 1 is 1.06 bits per heavy atom. The van der Waals surface area contributed by atoms with E-state index in [-0.39, 0.29) is 11.4 Å². The molecule has 4 rings (SSSR count). The van der Waals surface area contributed by atoms with Gasteiger partial charge in [0.25, 0.3) is 0 Å². The third kappa shape index (κ3) is 4.57. The fourth-order valence-corrected chi connectivity index (χ4v) is 5.20. The van der Waals surface area contributed by atoms with Gasteiger partial charge in [0.2, 0.25) is 5.91 Å². The van der Waals surface area contributed by atoms with Gasteiger partial charge in [-0.1, -0.05) is 25.1 Å². The maximum Gasteiger partial charge on any atom is 0.241 e. The maximum atomic E-state index is 13.6. The number of anilines is 2. The first-order valence-corrected chi connectivity index (χ1v) is 11.5. The van der Waals surface area contributed by atoms with Crippen molar-refractivity contribution in [3.63, 3.8) is 0 Å². The minimum atomic E-state index is -0.206. The number of fused-ring (bicyclic) bond motifs is 1. The van der Waals surface area contributed by atoms with Crippen molar-refractivity contribution in [2.75, 3.05) is 49.1 Å². The van der Waals surface area contributed by atoms with E-state index >= 15 is 0 Å². The molecule has 0 unspecified atom stereocenters. The van der Waals surface area contributed by atoms with Gasteiger partial charge in [0.05, 0.1) is 13.2 Å². The van der Waals surface area contributed by atoms with Crippen LogP contribution in [0.4, 0.5) is 11.4 Å². The molecule has 2 aliphatic heterocycles. The molecule has 31 heavy (non-hydrogen) atoms. The standard InChI is InChI=1S/C26H35N3O2/c1-5-31-22-11-12-24-23(17-22)20(2)18-26(3,4)29(24)25(30)19-27-13-15-28(16-14-27)21-9-7-6-8-10-21/h6-12,17,20H,5,13-16,18-19H2,1-4H3/t20-/m1/s1. The SMILES string of the molecule is CCOc1ccc2c(c1)[C@H](C)CC(C)(C)N2C(=O)CN1CCN(c2ccccc2)CC1. The number of carbonyl (C=O) groups is 1. The number of para-hydroxylation sites is 1. The average Bonchev–Trinajstić information content (AvgIpc) is 2.75. The van der Waals surface area contributed by atoms with E-state index in [0.29, 0.717) is 19.1 Å². The van der Waals surface area contributed by atoms with Gasteiger partial charge in [-0.15, -0.1) is 0 Å². The Kier molecular flexibility index (Phi) is 6.24. The summed E-state index contributed by atoms with van der Waals surface area (Å²) in [7, 11) is 0. The number of hydrogen-bond acceptors (Lipinski definition) is 4. The molecule has 0 bridgehead atoms. The molecule has 5 heteroatoms.